The van der Waals surface area contributed by atoms with Gasteiger partial charge in [0.05, 0.1) is 17.9 Å². The Morgan fingerprint density at radius 3 is 2.46 bits per heavy atom. The number of fused-ring (bicyclic) bond motifs is 3. The van der Waals surface area contributed by atoms with Gasteiger partial charge in [-0.2, -0.15) is 0 Å². The smallest absolute Gasteiger partial charge is 0.419 e. The van der Waals surface area contributed by atoms with Gasteiger partial charge in [-0.3, -0.25) is 14.7 Å². The summed E-state index contributed by atoms with van der Waals surface area (Å²) in [6.07, 6.45) is 4.08. The average molecular weight is 557 g/mol. The minimum absolute atomic E-state index is 0.145. The van der Waals surface area contributed by atoms with Gasteiger partial charge in [0.1, 0.15) is 11.6 Å². The number of hydrogen-bond acceptors (Lipinski definition) is 6. The predicted molar refractivity (Wildman–Crippen MR) is 152 cm³/mol. The summed E-state index contributed by atoms with van der Waals surface area (Å²) in [5, 5.41) is 0.804. The van der Waals surface area contributed by atoms with Crippen LogP contribution in [-0.4, -0.2) is 53.0 Å². The van der Waals surface area contributed by atoms with Crippen LogP contribution in [0.1, 0.15) is 42.4 Å². The second kappa shape index (κ2) is 10.9. The third-order valence-corrected chi connectivity index (χ3v) is 6.94. The number of pyridine rings is 1. The van der Waals surface area contributed by atoms with Crippen molar-refractivity contribution in [2.75, 3.05) is 25.1 Å². The topological polar surface area (TPSA) is 105 Å². The van der Waals surface area contributed by atoms with E-state index in [1.807, 2.05) is 19.9 Å². The molecule has 9 nitrogen and oxygen atoms in total. The number of amides is 2. The molecule has 0 radical (unpaired) electrons. The Kier molecular flexibility index (Phi) is 7.32. The van der Waals surface area contributed by atoms with Crippen LogP contribution in [0, 0.1) is 5.82 Å². The molecule has 4 aromatic rings. The molecule has 3 heterocycles. The van der Waals surface area contributed by atoms with Crippen LogP contribution in [0.5, 0.6) is 5.75 Å². The Labute approximate surface area is 236 Å². The lowest BCUT2D eigenvalue weighted by Crippen LogP contribution is -2.37. The van der Waals surface area contributed by atoms with Crippen LogP contribution in [0.4, 0.5) is 14.9 Å². The highest BCUT2D eigenvalue weighted by Gasteiger charge is 2.37. The number of esters is 1. The minimum atomic E-state index is -0.631. The molecule has 0 saturated carbocycles. The van der Waals surface area contributed by atoms with Crippen LogP contribution in [0.3, 0.4) is 0 Å². The highest BCUT2D eigenvalue weighted by molar-refractivity contribution is 6.18. The average Bonchev–Trinajstić information content (AvgIpc) is 3.29. The number of nitrogens with one attached hydrogen (secondary N) is 1. The fourth-order valence-electron chi connectivity index (χ4n) is 5.01. The molecular formula is C31H29FN4O5. The van der Waals surface area contributed by atoms with Gasteiger partial charge in [-0.25, -0.2) is 14.0 Å². The maximum atomic E-state index is 13.5. The first kappa shape index (κ1) is 27.6. The second-order valence-corrected chi connectivity index (χ2v) is 10.3. The van der Waals surface area contributed by atoms with Crippen molar-refractivity contribution in [1.29, 1.82) is 0 Å². The molecule has 1 N–H and O–H groups in total. The van der Waals surface area contributed by atoms with Crippen molar-refractivity contribution < 1.29 is 28.2 Å². The van der Waals surface area contributed by atoms with Crippen molar-refractivity contribution >= 4 is 40.1 Å². The zero-order chi connectivity index (χ0) is 29.3. The van der Waals surface area contributed by atoms with E-state index in [1.165, 1.54) is 40.3 Å². The van der Waals surface area contributed by atoms with Crippen LogP contribution in [0.15, 0.2) is 73.2 Å². The molecule has 5 rings (SSSR count). The first-order valence-electron chi connectivity index (χ1n) is 13.1. The highest BCUT2D eigenvalue weighted by Crippen LogP contribution is 2.41. The summed E-state index contributed by atoms with van der Waals surface area (Å²) in [7, 11) is 1.60. The van der Waals surface area contributed by atoms with Crippen molar-refractivity contribution in [3.63, 3.8) is 0 Å². The standard InChI is InChI=1S/C31H29FN4O5/c1-5-40-29(38)24-17-36(28(37)19-6-8-20(32)9-7-19)18-31(2,3)26-23-11-10-22(16-25(23)34-27(24)26)41-30(39)35(4)21-12-14-33-15-13-21/h6-17,34H,5,18H2,1-4H3. The van der Waals surface area contributed by atoms with E-state index in [-0.39, 0.29) is 24.6 Å². The van der Waals surface area contributed by atoms with Gasteiger partial charge in [0.25, 0.3) is 5.91 Å². The molecule has 0 atom stereocenters. The Bertz CT molecular complexity index is 1660. The number of carbonyl (C=O) groups is 3. The number of rotatable bonds is 5. The van der Waals surface area contributed by atoms with E-state index in [2.05, 4.69) is 9.97 Å². The van der Waals surface area contributed by atoms with Crippen LogP contribution in [-0.2, 0) is 14.9 Å². The fraction of sp³-hybridized carbons (Fsp3) is 0.226. The number of halogens is 1. The quantitative estimate of drug-likeness (QED) is 0.318. The monoisotopic (exact) mass is 556 g/mol. The molecule has 0 bridgehead atoms. The number of anilines is 1. The van der Waals surface area contributed by atoms with E-state index < -0.39 is 23.3 Å². The molecule has 0 aliphatic carbocycles. The molecule has 2 amide bonds. The van der Waals surface area contributed by atoms with Gasteiger partial charge in [-0.1, -0.05) is 13.8 Å². The summed E-state index contributed by atoms with van der Waals surface area (Å²) >= 11 is 0. The summed E-state index contributed by atoms with van der Waals surface area (Å²) in [6.45, 7) is 6.04. The zero-order valence-corrected chi connectivity index (χ0v) is 23.1. The van der Waals surface area contributed by atoms with Crippen LogP contribution in [0.25, 0.3) is 16.5 Å². The lowest BCUT2D eigenvalue weighted by atomic mass is 9.81. The number of carbonyl (C=O) groups excluding carboxylic acids is 3. The van der Waals surface area contributed by atoms with Gasteiger partial charge >= 0.3 is 12.1 Å². The van der Waals surface area contributed by atoms with Gasteiger partial charge in [0.15, 0.2) is 0 Å². The van der Waals surface area contributed by atoms with Crippen LogP contribution in [0.2, 0.25) is 0 Å². The fourth-order valence-corrected chi connectivity index (χ4v) is 5.01. The third kappa shape index (κ3) is 5.41. The molecule has 10 heteroatoms. The Balaban J connectivity index is 1.54. The maximum absolute atomic E-state index is 13.5. The summed E-state index contributed by atoms with van der Waals surface area (Å²) < 4.78 is 24.5. The SMILES string of the molecule is CCOC(=O)C1=CN(C(=O)c2ccc(F)cc2)CC(C)(C)c2c1[nH]c1cc(OC(=O)N(C)c3ccncc3)ccc21. The van der Waals surface area contributed by atoms with Crippen molar-refractivity contribution in [2.45, 2.75) is 26.2 Å². The second-order valence-electron chi connectivity index (χ2n) is 10.3. The summed E-state index contributed by atoms with van der Waals surface area (Å²) in [4.78, 5) is 49.5. The van der Waals surface area contributed by atoms with Gasteiger partial charge in [-0.15, -0.1) is 0 Å². The first-order chi connectivity index (χ1) is 19.6. The number of ether oxygens (including phenoxy) is 2. The molecule has 0 spiro atoms. The molecule has 0 saturated heterocycles. The van der Waals surface area contributed by atoms with E-state index in [1.54, 1.807) is 50.6 Å². The number of nitrogens with zero attached hydrogens (tertiary/aromatic N) is 3. The number of aromatic nitrogens is 2. The molecule has 41 heavy (non-hydrogen) atoms. The highest BCUT2D eigenvalue weighted by atomic mass is 19.1. The van der Waals surface area contributed by atoms with Gasteiger partial charge in [0, 0.05) is 65.8 Å². The Morgan fingerprint density at radius 2 is 1.78 bits per heavy atom. The maximum Gasteiger partial charge on any atom is 0.419 e. The molecular weight excluding hydrogens is 527 g/mol. The van der Waals surface area contributed by atoms with Gasteiger partial charge in [0.2, 0.25) is 0 Å². The van der Waals surface area contributed by atoms with Crippen molar-refractivity contribution in [2.24, 2.45) is 0 Å². The lowest BCUT2D eigenvalue weighted by molar-refractivity contribution is -0.136. The third-order valence-electron chi connectivity index (χ3n) is 6.94. The number of H-pyrrole nitrogens is 1. The van der Waals surface area contributed by atoms with Crippen molar-refractivity contribution in [1.82, 2.24) is 14.9 Å². The van der Waals surface area contributed by atoms with Crippen LogP contribution < -0.4 is 9.64 Å². The molecule has 0 unspecified atom stereocenters. The van der Waals surface area contributed by atoms with E-state index in [4.69, 9.17) is 9.47 Å². The summed E-state index contributed by atoms with van der Waals surface area (Å²) in [5.41, 5.74) is 2.43. The summed E-state index contributed by atoms with van der Waals surface area (Å²) in [6, 6.07) is 13.9. The molecule has 210 valence electrons. The normalized spacial score (nSPS) is 14.1. The van der Waals surface area contributed by atoms with Gasteiger partial charge in [-0.05, 0) is 61.0 Å². The van der Waals surface area contributed by atoms with Crippen molar-refractivity contribution in [3.05, 3.63) is 95.8 Å². The molecule has 1 aliphatic heterocycles. The number of hydrogen-bond donors (Lipinski definition) is 1. The van der Waals surface area contributed by atoms with E-state index in [0.717, 1.165) is 10.9 Å². The minimum Gasteiger partial charge on any atom is -0.462 e. The zero-order valence-electron chi connectivity index (χ0n) is 23.1. The predicted octanol–water partition coefficient (Wildman–Crippen LogP) is 5.67. The van der Waals surface area contributed by atoms with E-state index >= 15 is 0 Å². The van der Waals surface area contributed by atoms with Crippen molar-refractivity contribution in [3.8, 4) is 5.75 Å². The summed E-state index contributed by atoms with van der Waals surface area (Å²) in [5.74, 6) is -1.11. The molecule has 0 fully saturated rings. The number of aromatic amines is 1. The molecule has 1 aliphatic rings. The number of benzene rings is 2. The van der Waals surface area contributed by atoms with E-state index in [9.17, 15) is 18.8 Å². The van der Waals surface area contributed by atoms with Crippen LogP contribution >= 0.6 is 0 Å². The molecule has 2 aromatic heterocycles. The largest absolute Gasteiger partial charge is 0.462 e. The molecule has 2 aromatic carbocycles. The Hall–Kier alpha value is -4.99. The van der Waals surface area contributed by atoms with Gasteiger partial charge < -0.3 is 19.4 Å². The lowest BCUT2D eigenvalue weighted by Gasteiger charge is -2.29. The van der Waals surface area contributed by atoms with E-state index in [0.29, 0.717) is 28.2 Å². The Morgan fingerprint density at radius 1 is 1.07 bits per heavy atom. The first-order valence-corrected chi connectivity index (χ1v) is 13.1.